The summed E-state index contributed by atoms with van der Waals surface area (Å²) in [5, 5.41) is 6.81. The predicted octanol–water partition coefficient (Wildman–Crippen LogP) is 4.38. The Balaban J connectivity index is 1.40. The Morgan fingerprint density at radius 3 is 2.46 bits per heavy atom. The van der Waals surface area contributed by atoms with Gasteiger partial charge in [0, 0.05) is 23.5 Å². The van der Waals surface area contributed by atoms with Crippen LogP contribution in [0.25, 0.3) is 0 Å². The summed E-state index contributed by atoms with van der Waals surface area (Å²) in [4.78, 5) is 14.5. The summed E-state index contributed by atoms with van der Waals surface area (Å²) in [6.45, 7) is 7.75. The van der Waals surface area contributed by atoms with Crippen LogP contribution in [0.15, 0.2) is 41.1 Å². The number of benzene rings is 1. The standard InChI is InChI=1S/C22H30N2OS/c1-17(2)24-12-8-20(9-13-24)15-19-5-3-18(4-6-19)7-11-23-22(25)21-10-14-26-16-21/h3-6,10,14,16-17,20H,7-9,11-13,15H2,1-2H3,(H,23,25). The summed E-state index contributed by atoms with van der Waals surface area (Å²) >= 11 is 1.55. The van der Waals surface area contributed by atoms with Gasteiger partial charge in [-0.1, -0.05) is 24.3 Å². The van der Waals surface area contributed by atoms with E-state index < -0.39 is 0 Å². The minimum absolute atomic E-state index is 0.0237. The molecule has 0 atom stereocenters. The Hall–Kier alpha value is -1.65. The van der Waals surface area contributed by atoms with Crippen molar-refractivity contribution >= 4 is 17.2 Å². The van der Waals surface area contributed by atoms with Gasteiger partial charge in [0.15, 0.2) is 0 Å². The second kappa shape index (κ2) is 9.33. The molecule has 3 nitrogen and oxygen atoms in total. The molecule has 1 aliphatic rings. The Morgan fingerprint density at radius 1 is 1.15 bits per heavy atom. The lowest BCUT2D eigenvalue weighted by Crippen LogP contribution is -2.38. The Morgan fingerprint density at radius 2 is 1.85 bits per heavy atom. The van der Waals surface area contributed by atoms with Gasteiger partial charge in [0.05, 0.1) is 0 Å². The molecule has 3 rings (SSSR count). The largest absolute Gasteiger partial charge is 0.352 e. The van der Waals surface area contributed by atoms with Gasteiger partial charge in [0.1, 0.15) is 0 Å². The van der Waals surface area contributed by atoms with Gasteiger partial charge in [-0.05, 0) is 81.1 Å². The van der Waals surface area contributed by atoms with Crippen LogP contribution >= 0.6 is 11.3 Å². The molecule has 0 saturated carbocycles. The number of carbonyl (C=O) groups excluding carboxylic acids is 1. The summed E-state index contributed by atoms with van der Waals surface area (Å²) < 4.78 is 0. The van der Waals surface area contributed by atoms with Gasteiger partial charge in [0.25, 0.3) is 5.91 Å². The van der Waals surface area contributed by atoms with Gasteiger partial charge in [0.2, 0.25) is 0 Å². The fraction of sp³-hybridized carbons (Fsp3) is 0.500. The molecule has 1 aromatic heterocycles. The van der Waals surface area contributed by atoms with Crippen molar-refractivity contribution in [1.82, 2.24) is 10.2 Å². The van der Waals surface area contributed by atoms with Gasteiger partial charge in [-0.3, -0.25) is 4.79 Å². The normalized spacial score (nSPS) is 16.1. The molecule has 0 aliphatic carbocycles. The molecular weight excluding hydrogens is 340 g/mol. The SMILES string of the molecule is CC(C)N1CCC(Cc2ccc(CCNC(=O)c3ccsc3)cc2)CC1. The number of rotatable bonds is 7. The van der Waals surface area contributed by atoms with Crippen molar-refractivity contribution in [2.45, 2.75) is 45.6 Å². The lowest BCUT2D eigenvalue weighted by molar-refractivity contribution is 0.0954. The van der Waals surface area contributed by atoms with Crippen LogP contribution in [0.1, 0.15) is 48.2 Å². The fourth-order valence-electron chi connectivity index (χ4n) is 3.66. The average Bonchev–Trinajstić information content (AvgIpc) is 3.18. The second-order valence-corrected chi connectivity index (χ2v) is 8.39. The van der Waals surface area contributed by atoms with Crippen LogP contribution in [0.2, 0.25) is 0 Å². The number of nitrogens with one attached hydrogen (secondary N) is 1. The number of carbonyl (C=O) groups is 1. The zero-order chi connectivity index (χ0) is 18.4. The molecule has 0 spiro atoms. The van der Waals surface area contributed by atoms with Crippen LogP contribution in [-0.4, -0.2) is 36.5 Å². The number of nitrogens with zero attached hydrogens (tertiary/aromatic N) is 1. The van der Waals surface area contributed by atoms with E-state index >= 15 is 0 Å². The molecular formula is C22H30N2OS. The van der Waals surface area contributed by atoms with Gasteiger partial charge in [-0.2, -0.15) is 11.3 Å². The number of amides is 1. The first-order chi connectivity index (χ1) is 12.6. The molecule has 140 valence electrons. The summed E-state index contributed by atoms with van der Waals surface area (Å²) in [5.41, 5.74) is 3.49. The Labute approximate surface area is 161 Å². The van der Waals surface area contributed by atoms with Crippen molar-refractivity contribution in [3.05, 3.63) is 57.8 Å². The Kier molecular flexibility index (Phi) is 6.86. The second-order valence-electron chi connectivity index (χ2n) is 7.61. The molecule has 2 aromatic rings. The Bertz CT molecular complexity index is 671. The zero-order valence-corrected chi connectivity index (χ0v) is 16.7. The van der Waals surface area contributed by atoms with Crippen molar-refractivity contribution in [3.8, 4) is 0 Å². The van der Waals surface area contributed by atoms with Crippen molar-refractivity contribution in [2.75, 3.05) is 19.6 Å². The molecule has 0 bridgehead atoms. The van der Waals surface area contributed by atoms with Crippen LogP contribution < -0.4 is 5.32 Å². The summed E-state index contributed by atoms with van der Waals surface area (Å²) in [6.07, 6.45) is 4.70. The van der Waals surface area contributed by atoms with E-state index in [9.17, 15) is 4.79 Å². The van der Waals surface area contributed by atoms with E-state index in [1.807, 2.05) is 16.8 Å². The number of piperidine rings is 1. The van der Waals surface area contributed by atoms with Gasteiger partial charge in [-0.25, -0.2) is 0 Å². The first kappa shape index (κ1) is 19.1. The molecule has 1 N–H and O–H groups in total. The van der Waals surface area contributed by atoms with Crippen molar-refractivity contribution < 1.29 is 4.79 Å². The zero-order valence-electron chi connectivity index (χ0n) is 15.9. The maximum atomic E-state index is 11.9. The molecule has 1 saturated heterocycles. The van der Waals surface area contributed by atoms with Crippen LogP contribution in [0.4, 0.5) is 0 Å². The topological polar surface area (TPSA) is 32.3 Å². The first-order valence-corrected chi connectivity index (χ1v) is 10.7. The number of hydrogen-bond donors (Lipinski definition) is 1. The van der Waals surface area contributed by atoms with Crippen LogP contribution in [-0.2, 0) is 12.8 Å². The van der Waals surface area contributed by atoms with Crippen LogP contribution in [0.3, 0.4) is 0 Å². The lowest BCUT2D eigenvalue weighted by Gasteiger charge is -2.34. The van der Waals surface area contributed by atoms with E-state index in [2.05, 4.69) is 48.3 Å². The molecule has 4 heteroatoms. The van der Waals surface area contributed by atoms with E-state index in [1.165, 1.54) is 43.5 Å². The third-order valence-corrected chi connectivity index (χ3v) is 6.09. The average molecular weight is 371 g/mol. The number of thiophene rings is 1. The summed E-state index contributed by atoms with van der Waals surface area (Å²) in [6, 6.07) is 11.5. The quantitative estimate of drug-likeness (QED) is 0.784. The van der Waals surface area contributed by atoms with E-state index in [-0.39, 0.29) is 5.91 Å². The minimum Gasteiger partial charge on any atom is -0.352 e. The maximum absolute atomic E-state index is 11.9. The lowest BCUT2D eigenvalue weighted by atomic mass is 9.89. The van der Waals surface area contributed by atoms with E-state index in [0.29, 0.717) is 12.6 Å². The van der Waals surface area contributed by atoms with Crippen molar-refractivity contribution in [2.24, 2.45) is 5.92 Å². The molecule has 1 amide bonds. The molecule has 1 fully saturated rings. The van der Waals surface area contributed by atoms with Crippen molar-refractivity contribution in [3.63, 3.8) is 0 Å². The van der Waals surface area contributed by atoms with Gasteiger partial charge < -0.3 is 10.2 Å². The highest BCUT2D eigenvalue weighted by Gasteiger charge is 2.20. The minimum atomic E-state index is 0.0237. The van der Waals surface area contributed by atoms with Crippen molar-refractivity contribution in [1.29, 1.82) is 0 Å². The van der Waals surface area contributed by atoms with Gasteiger partial charge in [-0.15, -0.1) is 0 Å². The highest BCUT2D eigenvalue weighted by atomic mass is 32.1. The predicted molar refractivity (Wildman–Crippen MR) is 110 cm³/mol. The highest BCUT2D eigenvalue weighted by Crippen LogP contribution is 2.23. The number of likely N-dealkylation sites (tertiary alicyclic amines) is 1. The van der Waals surface area contributed by atoms with E-state index in [1.54, 1.807) is 11.3 Å². The molecule has 0 unspecified atom stereocenters. The first-order valence-electron chi connectivity index (χ1n) is 9.74. The number of hydrogen-bond acceptors (Lipinski definition) is 3. The highest BCUT2D eigenvalue weighted by molar-refractivity contribution is 7.08. The molecule has 0 radical (unpaired) electrons. The van der Waals surface area contributed by atoms with E-state index in [4.69, 9.17) is 0 Å². The fourth-order valence-corrected chi connectivity index (χ4v) is 4.30. The van der Waals surface area contributed by atoms with Crippen LogP contribution in [0.5, 0.6) is 0 Å². The molecule has 1 aliphatic heterocycles. The monoisotopic (exact) mass is 370 g/mol. The molecule has 26 heavy (non-hydrogen) atoms. The smallest absolute Gasteiger partial charge is 0.252 e. The summed E-state index contributed by atoms with van der Waals surface area (Å²) in [5.74, 6) is 0.844. The van der Waals surface area contributed by atoms with E-state index in [0.717, 1.165) is 17.9 Å². The molecule has 2 heterocycles. The molecule has 1 aromatic carbocycles. The van der Waals surface area contributed by atoms with Gasteiger partial charge >= 0.3 is 0 Å². The van der Waals surface area contributed by atoms with Crippen LogP contribution in [0, 0.1) is 5.92 Å². The third-order valence-electron chi connectivity index (χ3n) is 5.41. The maximum Gasteiger partial charge on any atom is 0.252 e. The summed E-state index contributed by atoms with van der Waals surface area (Å²) in [7, 11) is 0. The third kappa shape index (κ3) is 5.42.